The third-order valence-electron chi connectivity index (χ3n) is 2.88. The highest BCUT2D eigenvalue weighted by Crippen LogP contribution is 2.23. The van der Waals surface area contributed by atoms with Crippen molar-refractivity contribution < 1.29 is 23.1 Å². The van der Waals surface area contributed by atoms with E-state index in [1.807, 2.05) is 20.8 Å². The summed E-state index contributed by atoms with van der Waals surface area (Å²) in [5, 5.41) is 9.07. The molecule has 6 nitrogen and oxygen atoms in total. The van der Waals surface area contributed by atoms with E-state index >= 15 is 0 Å². The molecule has 0 atom stereocenters. The molecule has 2 N–H and O–H groups in total. The largest absolute Gasteiger partial charge is 0.496 e. The number of ether oxygens (including phenoxy) is 1. The van der Waals surface area contributed by atoms with E-state index in [1.54, 1.807) is 0 Å². The zero-order valence-electron chi connectivity index (χ0n) is 12.6. The number of methoxy groups -OCH3 is 1. The van der Waals surface area contributed by atoms with Crippen molar-refractivity contribution in [3.63, 3.8) is 0 Å². The molecule has 0 aliphatic carbocycles. The summed E-state index contributed by atoms with van der Waals surface area (Å²) in [6, 6.07) is 3.76. The smallest absolute Gasteiger partial charge is 0.339 e. The number of benzene rings is 1. The molecule has 7 heteroatoms. The lowest BCUT2D eigenvalue weighted by atomic mass is 9.93. The molecule has 1 aromatic rings. The van der Waals surface area contributed by atoms with E-state index in [9.17, 15) is 13.2 Å². The summed E-state index contributed by atoms with van der Waals surface area (Å²) in [7, 11) is -2.40. The number of carbonyl (C=O) groups is 1. The first kappa shape index (κ1) is 17.5. The minimum Gasteiger partial charge on any atom is -0.496 e. The first-order valence-corrected chi connectivity index (χ1v) is 7.96. The van der Waals surface area contributed by atoms with Crippen LogP contribution in [0.25, 0.3) is 0 Å². The van der Waals surface area contributed by atoms with Crippen LogP contribution in [0.5, 0.6) is 5.75 Å². The van der Waals surface area contributed by atoms with Crippen molar-refractivity contribution >= 4 is 16.0 Å². The Bertz CT molecular complexity index is 617. The van der Waals surface area contributed by atoms with Gasteiger partial charge in [0.25, 0.3) is 0 Å². The molecule has 0 unspecified atom stereocenters. The predicted molar refractivity (Wildman–Crippen MR) is 79.2 cm³/mol. The Morgan fingerprint density at radius 1 is 1.33 bits per heavy atom. The van der Waals surface area contributed by atoms with E-state index in [4.69, 9.17) is 9.84 Å². The Kier molecular flexibility index (Phi) is 5.36. The van der Waals surface area contributed by atoms with Crippen LogP contribution < -0.4 is 9.46 Å². The van der Waals surface area contributed by atoms with Gasteiger partial charge in [0.15, 0.2) is 0 Å². The van der Waals surface area contributed by atoms with Crippen LogP contribution in [0.3, 0.4) is 0 Å². The van der Waals surface area contributed by atoms with E-state index in [1.165, 1.54) is 19.2 Å². The number of rotatable bonds is 6. The molecule has 21 heavy (non-hydrogen) atoms. The molecule has 0 aromatic heterocycles. The molecule has 0 heterocycles. The second-order valence-corrected chi connectivity index (χ2v) is 7.64. The number of nitrogens with one attached hydrogen (secondary N) is 1. The van der Waals surface area contributed by atoms with Crippen LogP contribution in [0.4, 0.5) is 0 Å². The SMILES string of the molecule is COc1ccc(S(=O)(=O)NCCC(C)(C)C)cc1C(=O)O. The molecule has 0 aliphatic heterocycles. The van der Waals surface area contributed by atoms with Crippen molar-refractivity contribution in [3.05, 3.63) is 23.8 Å². The maximum Gasteiger partial charge on any atom is 0.339 e. The number of carboxylic acid groups (broad SMARTS) is 1. The highest BCUT2D eigenvalue weighted by Gasteiger charge is 2.20. The quantitative estimate of drug-likeness (QED) is 0.838. The Morgan fingerprint density at radius 3 is 2.43 bits per heavy atom. The molecular weight excluding hydrogens is 294 g/mol. The zero-order chi connectivity index (χ0) is 16.3. The maximum atomic E-state index is 12.1. The van der Waals surface area contributed by atoms with Crippen LogP contribution in [-0.4, -0.2) is 33.1 Å². The van der Waals surface area contributed by atoms with Gasteiger partial charge in [-0.2, -0.15) is 0 Å². The van der Waals surface area contributed by atoms with E-state index in [0.29, 0.717) is 13.0 Å². The third kappa shape index (κ3) is 5.02. The molecule has 1 aromatic carbocycles. The first-order chi connectivity index (χ1) is 9.57. The van der Waals surface area contributed by atoms with Crippen LogP contribution >= 0.6 is 0 Å². The average molecular weight is 315 g/mol. The Labute approximate surface area is 125 Å². The van der Waals surface area contributed by atoms with Gasteiger partial charge in [-0.05, 0) is 30.0 Å². The lowest BCUT2D eigenvalue weighted by Gasteiger charge is -2.18. The predicted octanol–water partition coefficient (Wildman–Crippen LogP) is 2.11. The van der Waals surface area contributed by atoms with Gasteiger partial charge in [0.05, 0.1) is 12.0 Å². The molecule has 0 radical (unpaired) electrons. The second kappa shape index (κ2) is 6.44. The summed E-state index contributed by atoms with van der Waals surface area (Å²) >= 11 is 0. The number of aromatic carboxylic acids is 1. The normalized spacial score (nSPS) is 12.2. The lowest BCUT2D eigenvalue weighted by molar-refractivity contribution is 0.0693. The molecule has 0 spiro atoms. The number of hydrogen-bond acceptors (Lipinski definition) is 4. The summed E-state index contributed by atoms with van der Waals surface area (Å²) in [5.41, 5.74) is -0.175. The van der Waals surface area contributed by atoms with Gasteiger partial charge in [-0.25, -0.2) is 17.9 Å². The monoisotopic (exact) mass is 315 g/mol. The number of sulfonamides is 1. The van der Waals surface area contributed by atoms with Crippen molar-refractivity contribution in [2.75, 3.05) is 13.7 Å². The van der Waals surface area contributed by atoms with E-state index in [0.717, 1.165) is 6.07 Å². The first-order valence-electron chi connectivity index (χ1n) is 6.48. The van der Waals surface area contributed by atoms with Gasteiger partial charge in [0, 0.05) is 6.54 Å². The second-order valence-electron chi connectivity index (χ2n) is 5.88. The highest BCUT2D eigenvalue weighted by atomic mass is 32.2. The third-order valence-corrected chi connectivity index (χ3v) is 4.34. The molecule has 0 bridgehead atoms. The van der Waals surface area contributed by atoms with Gasteiger partial charge >= 0.3 is 5.97 Å². The fraction of sp³-hybridized carbons (Fsp3) is 0.500. The fourth-order valence-electron chi connectivity index (χ4n) is 1.67. The molecule has 0 fully saturated rings. The molecule has 0 saturated carbocycles. The number of hydrogen-bond donors (Lipinski definition) is 2. The molecule has 118 valence electrons. The summed E-state index contributed by atoms with van der Waals surface area (Å²) in [5.74, 6) is -1.12. The highest BCUT2D eigenvalue weighted by molar-refractivity contribution is 7.89. The molecule has 0 amide bonds. The van der Waals surface area contributed by atoms with E-state index in [2.05, 4.69) is 4.72 Å². The van der Waals surface area contributed by atoms with Crippen LogP contribution in [0.2, 0.25) is 0 Å². The summed E-state index contributed by atoms with van der Waals surface area (Å²) in [6.45, 7) is 6.33. The number of carboxylic acids is 1. The minimum atomic E-state index is -3.73. The summed E-state index contributed by atoms with van der Waals surface area (Å²) in [6.07, 6.45) is 0.675. The van der Waals surface area contributed by atoms with Crippen LogP contribution in [0.1, 0.15) is 37.6 Å². The maximum absolute atomic E-state index is 12.1. The van der Waals surface area contributed by atoms with Crippen LogP contribution in [-0.2, 0) is 10.0 Å². The van der Waals surface area contributed by atoms with Crippen molar-refractivity contribution in [2.45, 2.75) is 32.1 Å². The topological polar surface area (TPSA) is 92.7 Å². The molecular formula is C14H21NO5S. The summed E-state index contributed by atoms with van der Waals surface area (Å²) in [4.78, 5) is 11.0. The lowest BCUT2D eigenvalue weighted by Crippen LogP contribution is -2.27. The van der Waals surface area contributed by atoms with Gasteiger partial charge in [0.2, 0.25) is 10.0 Å². The van der Waals surface area contributed by atoms with Gasteiger partial charge in [-0.1, -0.05) is 20.8 Å². The summed E-state index contributed by atoms with van der Waals surface area (Å²) < 4.78 is 31.7. The molecule has 0 saturated heterocycles. The van der Waals surface area contributed by atoms with Crippen molar-refractivity contribution in [1.29, 1.82) is 0 Å². The Morgan fingerprint density at radius 2 is 1.95 bits per heavy atom. The fourth-order valence-corrected chi connectivity index (χ4v) is 2.72. The van der Waals surface area contributed by atoms with Crippen molar-refractivity contribution in [3.8, 4) is 5.75 Å². The van der Waals surface area contributed by atoms with Gasteiger partial charge < -0.3 is 9.84 Å². The van der Waals surface area contributed by atoms with Gasteiger partial charge in [-0.15, -0.1) is 0 Å². The van der Waals surface area contributed by atoms with E-state index in [-0.39, 0.29) is 21.6 Å². The van der Waals surface area contributed by atoms with Crippen molar-refractivity contribution in [1.82, 2.24) is 4.72 Å². The molecule has 1 rings (SSSR count). The van der Waals surface area contributed by atoms with E-state index < -0.39 is 16.0 Å². The van der Waals surface area contributed by atoms with Gasteiger partial charge in [-0.3, -0.25) is 0 Å². The zero-order valence-corrected chi connectivity index (χ0v) is 13.5. The van der Waals surface area contributed by atoms with Crippen molar-refractivity contribution in [2.24, 2.45) is 5.41 Å². The van der Waals surface area contributed by atoms with Crippen LogP contribution in [0, 0.1) is 5.41 Å². The standard InChI is InChI=1S/C14H21NO5S/c1-14(2,3)7-8-15-21(18,19)10-5-6-12(20-4)11(9-10)13(16)17/h5-6,9,15H,7-8H2,1-4H3,(H,16,17). The Hall–Kier alpha value is -1.60. The van der Waals surface area contributed by atoms with Crippen LogP contribution in [0.15, 0.2) is 23.1 Å². The average Bonchev–Trinajstić information content (AvgIpc) is 2.35. The molecule has 0 aliphatic rings. The minimum absolute atomic E-state index is 0.00858. The Balaban J connectivity index is 2.99. The van der Waals surface area contributed by atoms with Gasteiger partial charge in [0.1, 0.15) is 11.3 Å².